The van der Waals surface area contributed by atoms with Gasteiger partial charge in [-0.2, -0.15) is 0 Å². The number of carbonyl (C=O) groups excluding carboxylic acids is 2. The van der Waals surface area contributed by atoms with E-state index in [-0.39, 0.29) is 41.1 Å². The van der Waals surface area contributed by atoms with Crippen molar-refractivity contribution in [3.63, 3.8) is 0 Å². The van der Waals surface area contributed by atoms with Gasteiger partial charge in [0.25, 0.3) is 5.91 Å². The fraction of sp³-hybridized carbons (Fsp3) is 0.286. The summed E-state index contributed by atoms with van der Waals surface area (Å²) in [5.41, 5.74) is -0.139. The van der Waals surface area contributed by atoms with Gasteiger partial charge in [-0.1, -0.05) is 0 Å². The highest BCUT2D eigenvalue weighted by Crippen LogP contribution is 2.27. The first-order chi connectivity index (χ1) is 10.9. The highest BCUT2D eigenvalue weighted by Gasteiger charge is 2.34. The Kier molecular flexibility index (Phi) is 5.32. The second-order valence-electron chi connectivity index (χ2n) is 4.67. The number of nitrogens with zero attached hydrogens (tertiary/aromatic N) is 1. The van der Waals surface area contributed by atoms with Crippen LogP contribution in [0.5, 0.6) is 0 Å². The Morgan fingerprint density at radius 3 is 2.57 bits per heavy atom. The van der Waals surface area contributed by atoms with E-state index in [9.17, 15) is 18.4 Å². The van der Waals surface area contributed by atoms with Crippen LogP contribution in [0.25, 0.3) is 0 Å². The van der Waals surface area contributed by atoms with Crippen molar-refractivity contribution in [1.82, 2.24) is 4.90 Å². The van der Waals surface area contributed by atoms with Crippen LogP contribution in [0.4, 0.5) is 14.5 Å². The number of hydrogen-bond donors (Lipinski definition) is 2. The first-order valence-electron chi connectivity index (χ1n) is 6.52. The first-order valence-corrected chi connectivity index (χ1v) is 7.31. The Balaban J connectivity index is 2.37. The summed E-state index contributed by atoms with van der Waals surface area (Å²) in [6.07, 6.45) is 0. The molecule has 1 aliphatic rings. The predicted molar refractivity (Wildman–Crippen MR) is 80.4 cm³/mol. The number of methoxy groups -OCH3 is 1. The lowest BCUT2D eigenvalue weighted by molar-refractivity contribution is -0.136. The van der Waals surface area contributed by atoms with Crippen molar-refractivity contribution in [2.75, 3.05) is 32.1 Å². The average Bonchev–Trinajstić information content (AvgIpc) is 2.81. The molecule has 2 rings (SSSR count). The van der Waals surface area contributed by atoms with Crippen LogP contribution >= 0.6 is 15.9 Å². The molecule has 0 atom stereocenters. The Morgan fingerprint density at radius 1 is 1.43 bits per heavy atom. The van der Waals surface area contributed by atoms with Crippen LogP contribution in [-0.2, 0) is 14.3 Å². The molecule has 124 valence electrons. The number of rotatable bonds is 5. The van der Waals surface area contributed by atoms with Crippen molar-refractivity contribution in [3.8, 4) is 0 Å². The number of aliphatic hydroxyl groups excluding tert-OH is 1. The van der Waals surface area contributed by atoms with Crippen LogP contribution in [-0.4, -0.2) is 48.7 Å². The summed E-state index contributed by atoms with van der Waals surface area (Å²) in [6, 6.07) is 1.97. The molecule has 2 N–H and O–H groups in total. The third kappa shape index (κ3) is 3.50. The van der Waals surface area contributed by atoms with Gasteiger partial charge in [0.2, 0.25) is 0 Å². The van der Waals surface area contributed by atoms with Crippen molar-refractivity contribution in [2.45, 2.75) is 0 Å². The molecule has 0 radical (unpaired) electrons. The maximum atomic E-state index is 13.6. The van der Waals surface area contributed by atoms with Crippen LogP contribution in [0.3, 0.4) is 0 Å². The predicted octanol–water partition coefficient (Wildman–Crippen LogP) is 1.40. The van der Waals surface area contributed by atoms with Gasteiger partial charge in [0.1, 0.15) is 17.3 Å². The average molecular weight is 391 g/mol. The van der Waals surface area contributed by atoms with Crippen molar-refractivity contribution < 1.29 is 28.2 Å². The molecule has 0 unspecified atom stereocenters. The summed E-state index contributed by atoms with van der Waals surface area (Å²) in [7, 11) is 1.16. The van der Waals surface area contributed by atoms with Crippen LogP contribution in [0, 0.1) is 11.6 Å². The van der Waals surface area contributed by atoms with E-state index in [0.29, 0.717) is 0 Å². The number of esters is 1. The Morgan fingerprint density at radius 2 is 2.04 bits per heavy atom. The van der Waals surface area contributed by atoms with E-state index < -0.39 is 23.5 Å². The zero-order chi connectivity index (χ0) is 17.1. The van der Waals surface area contributed by atoms with Gasteiger partial charge < -0.3 is 20.1 Å². The smallest absolute Gasteiger partial charge is 0.337 e. The largest absolute Gasteiger partial charge is 0.466 e. The van der Waals surface area contributed by atoms with Crippen LogP contribution in [0.15, 0.2) is 27.9 Å². The summed E-state index contributed by atoms with van der Waals surface area (Å²) in [6.45, 7) is -0.321. The summed E-state index contributed by atoms with van der Waals surface area (Å²) in [5.74, 6) is -3.02. The topological polar surface area (TPSA) is 78.9 Å². The van der Waals surface area contributed by atoms with Gasteiger partial charge in [-0.3, -0.25) is 4.79 Å². The van der Waals surface area contributed by atoms with Gasteiger partial charge in [-0.15, -0.1) is 0 Å². The minimum absolute atomic E-state index is 0.0214. The van der Waals surface area contributed by atoms with Gasteiger partial charge in [-0.05, 0) is 28.1 Å². The van der Waals surface area contributed by atoms with Crippen LogP contribution in [0.2, 0.25) is 0 Å². The molecule has 1 aliphatic heterocycles. The van der Waals surface area contributed by atoms with E-state index in [1.165, 1.54) is 4.90 Å². The molecule has 1 heterocycles. The molecule has 0 fully saturated rings. The normalized spacial score (nSPS) is 14.5. The number of aliphatic hydroxyl groups is 1. The lowest BCUT2D eigenvalue weighted by atomic mass is 10.2. The molecule has 0 spiro atoms. The second-order valence-corrected chi connectivity index (χ2v) is 5.47. The maximum Gasteiger partial charge on any atom is 0.337 e. The van der Waals surface area contributed by atoms with Gasteiger partial charge in [0.15, 0.2) is 0 Å². The van der Waals surface area contributed by atoms with Gasteiger partial charge >= 0.3 is 5.97 Å². The Bertz CT molecular complexity index is 670. The highest BCUT2D eigenvalue weighted by atomic mass is 79.9. The number of anilines is 1. The van der Waals surface area contributed by atoms with E-state index >= 15 is 0 Å². The summed E-state index contributed by atoms with van der Waals surface area (Å²) >= 11 is 2.75. The second kappa shape index (κ2) is 7.05. The van der Waals surface area contributed by atoms with E-state index in [0.717, 1.165) is 19.2 Å². The fourth-order valence-electron chi connectivity index (χ4n) is 2.12. The number of amides is 1. The minimum atomic E-state index is -0.856. The molecular weight excluding hydrogens is 378 g/mol. The van der Waals surface area contributed by atoms with E-state index in [2.05, 4.69) is 26.0 Å². The summed E-state index contributed by atoms with van der Waals surface area (Å²) in [4.78, 5) is 25.3. The van der Waals surface area contributed by atoms with E-state index in [1.807, 2.05) is 0 Å². The van der Waals surface area contributed by atoms with Crippen LogP contribution < -0.4 is 5.32 Å². The molecule has 9 heteroatoms. The highest BCUT2D eigenvalue weighted by molar-refractivity contribution is 9.10. The zero-order valence-electron chi connectivity index (χ0n) is 12.0. The molecule has 1 aromatic rings. The number of ether oxygens (including phenoxy) is 1. The monoisotopic (exact) mass is 390 g/mol. The van der Waals surface area contributed by atoms with E-state index in [1.54, 1.807) is 0 Å². The van der Waals surface area contributed by atoms with E-state index in [4.69, 9.17) is 5.11 Å². The maximum absolute atomic E-state index is 13.6. The fourth-order valence-corrected chi connectivity index (χ4v) is 2.35. The molecule has 0 aliphatic carbocycles. The number of hydrogen-bond acceptors (Lipinski definition) is 5. The molecule has 23 heavy (non-hydrogen) atoms. The van der Waals surface area contributed by atoms with Crippen molar-refractivity contribution in [3.05, 3.63) is 39.5 Å². The van der Waals surface area contributed by atoms with Gasteiger partial charge in [-0.25, -0.2) is 13.6 Å². The lowest BCUT2D eigenvalue weighted by Gasteiger charge is -2.15. The third-order valence-electron chi connectivity index (χ3n) is 3.21. The lowest BCUT2D eigenvalue weighted by Crippen LogP contribution is -2.31. The first kappa shape index (κ1) is 17.4. The standard InChI is InChI=1S/C14H13BrF2N2O4/c1-23-14(22)8-6-19(2-3-20)13(21)12(8)18-7-4-9(16)11(15)10(17)5-7/h4-5,18,20H,2-3,6H2,1H3. The van der Waals surface area contributed by atoms with Crippen molar-refractivity contribution >= 4 is 33.5 Å². The number of nitrogens with one attached hydrogen (secondary N) is 1. The molecule has 0 saturated carbocycles. The minimum Gasteiger partial charge on any atom is -0.466 e. The van der Waals surface area contributed by atoms with Crippen molar-refractivity contribution in [2.24, 2.45) is 0 Å². The summed E-state index contributed by atoms with van der Waals surface area (Å²) < 4.78 is 31.4. The van der Waals surface area contributed by atoms with Crippen molar-refractivity contribution in [1.29, 1.82) is 0 Å². The summed E-state index contributed by atoms with van der Waals surface area (Å²) in [5, 5.41) is 11.5. The molecule has 1 aromatic carbocycles. The quantitative estimate of drug-likeness (QED) is 0.586. The Hall–Kier alpha value is -2.00. The van der Waals surface area contributed by atoms with Gasteiger partial charge in [0, 0.05) is 12.2 Å². The molecule has 0 aromatic heterocycles. The SMILES string of the molecule is COC(=O)C1=C(Nc2cc(F)c(Br)c(F)c2)C(=O)N(CCO)C1. The molecule has 1 amide bonds. The number of benzene rings is 1. The number of β-amino-alcohol motifs (C(OH)–C–C–N with tert-alkyl or cyclic N) is 1. The molecular formula is C14H13BrF2N2O4. The number of carbonyl (C=O) groups is 2. The van der Waals surface area contributed by atoms with Crippen LogP contribution in [0.1, 0.15) is 0 Å². The third-order valence-corrected chi connectivity index (χ3v) is 3.96. The van der Waals surface area contributed by atoms with Gasteiger partial charge in [0.05, 0.1) is 30.3 Å². The molecule has 0 bridgehead atoms. The number of halogens is 3. The molecule has 6 nitrogen and oxygen atoms in total. The zero-order valence-corrected chi connectivity index (χ0v) is 13.6. The molecule has 0 saturated heterocycles. The Labute approximate surface area is 138 Å².